The maximum absolute atomic E-state index is 12.5. The topological polar surface area (TPSA) is 58.4 Å². The van der Waals surface area contributed by atoms with Gasteiger partial charge < -0.3 is 14.4 Å². The molecule has 1 aliphatic heterocycles. The van der Waals surface area contributed by atoms with Gasteiger partial charge in [-0.05, 0) is 31.1 Å². The number of aryl methyl sites for hydroxylation is 1. The van der Waals surface area contributed by atoms with E-state index >= 15 is 0 Å². The smallest absolute Gasteiger partial charge is 0.245 e. The highest BCUT2D eigenvalue weighted by Crippen LogP contribution is 2.17. The Morgan fingerprint density at radius 2 is 2.04 bits per heavy atom. The van der Waals surface area contributed by atoms with Gasteiger partial charge in [0.2, 0.25) is 11.8 Å². The first-order valence-electron chi connectivity index (χ1n) is 8.67. The zero-order valence-electron chi connectivity index (χ0n) is 14.6. The van der Waals surface area contributed by atoms with Gasteiger partial charge in [-0.1, -0.05) is 18.7 Å². The molecule has 0 saturated carbocycles. The predicted molar refractivity (Wildman–Crippen MR) is 96.9 cm³/mol. The summed E-state index contributed by atoms with van der Waals surface area (Å²) in [6, 6.07) is 8.12. The summed E-state index contributed by atoms with van der Waals surface area (Å²) in [6.45, 7) is 5.55. The Morgan fingerprint density at radius 1 is 1.32 bits per heavy atom. The van der Waals surface area contributed by atoms with Crippen molar-refractivity contribution < 1.29 is 9.59 Å². The summed E-state index contributed by atoms with van der Waals surface area (Å²) in [5.41, 5.74) is 2.00. The summed E-state index contributed by atoms with van der Waals surface area (Å²) in [6.07, 6.45) is 5.23. The second kappa shape index (κ2) is 7.51. The number of carbonyl (C=O) groups is 2. The number of amides is 2. The summed E-state index contributed by atoms with van der Waals surface area (Å²) >= 11 is 0. The first-order chi connectivity index (χ1) is 12.1. The number of benzene rings is 1. The monoisotopic (exact) mass is 340 g/mol. The molecule has 0 N–H and O–H groups in total. The minimum Gasteiger partial charge on any atom is -0.342 e. The summed E-state index contributed by atoms with van der Waals surface area (Å²) in [5, 5.41) is 0. The molecule has 0 aliphatic carbocycles. The largest absolute Gasteiger partial charge is 0.342 e. The molecule has 2 heterocycles. The van der Waals surface area contributed by atoms with Crippen molar-refractivity contribution in [3.8, 4) is 0 Å². The maximum Gasteiger partial charge on any atom is 0.245 e. The molecule has 1 saturated heterocycles. The summed E-state index contributed by atoms with van der Waals surface area (Å²) in [4.78, 5) is 32.2. The van der Waals surface area contributed by atoms with Crippen LogP contribution in [0, 0.1) is 0 Å². The van der Waals surface area contributed by atoms with E-state index in [4.69, 9.17) is 0 Å². The number of likely N-dealkylation sites (N-methyl/N-ethyl adjacent to an activating group) is 1. The van der Waals surface area contributed by atoms with Crippen LogP contribution in [0.15, 0.2) is 43.2 Å². The SMILES string of the molecule is C=CC(=O)N(C)C1CCN(C(=O)CCn2cnc3ccccc32)CC1. The van der Waals surface area contributed by atoms with Gasteiger partial charge in [0.25, 0.3) is 0 Å². The standard InChI is InChI=1S/C19H24N4O2/c1-3-18(24)21(2)15-8-11-22(12-9-15)19(25)10-13-23-14-20-16-6-4-5-7-17(16)23/h3-7,14-15H,1,8-13H2,2H3. The Hall–Kier alpha value is -2.63. The van der Waals surface area contributed by atoms with E-state index in [0.29, 0.717) is 26.1 Å². The normalized spacial score (nSPS) is 15.3. The van der Waals surface area contributed by atoms with E-state index in [2.05, 4.69) is 11.6 Å². The van der Waals surface area contributed by atoms with Crippen molar-refractivity contribution in [1.82, 2.24) is 19.4 Å². The number of imidazole rings is 1. The molecule has 1 aliphatic rings. The number of hydrogen-bond donors (Lipinski definition) is 0. The van der Waals surface area contributed by atoms with Gasteiger partial charge >= 0.3 is 0 Å². The third-order valence-corrected chi connectivity index (χ3v) is 4.98. The molecule has 6 heteroatoms. The number of aromatic nitrogens is 2. The van der Waals surface area contributed by atoms with Crippen LogP contribution >= 0.6 is 0 Å². The molecule has 0 spiro atoms. The first kappa shape index (κ1) is 17.2. The highest BCUT2D eigenvalue weighted by molar-refractivity contribution is 5.87. The molecule has 0 radical (unpaired) electrons. The van der Waals surface area contributed by atoms with Gasteiger partial charge in [0.1, 0.15) is 0 Å². The number of fused-ring (bicyclic) bond motifs is 1. The van der Waals surface area contributed by atoms with Crippen LogP contribution in [0.4, 0.5) is 0 Å². The van der Waals surface area contributed by atoms with Crippen molar-refractivity contribution >= 4 is 22.8 Å². The van der Waals surface area contributed by atoms with Crippen molar-refractivity contribution in [2.75, 3.05) is 20.1 Å². The second-order valence-corrected chi connectivity index (χ2v) is 6.44. The summed E-state index contributed by atoms with van der Waals surface area (Å²) < 4.78 is 2.02. The fourth-order valence-electron chi connectivity index (χ4n) is 3.39. The van der Waals surface area contributed by atoms with E-state index in [-0.39, 0.29) is 17.9 Å². The van der Waals surface area contributed by atoms with Crippen molar-refractivity contribution in [2.24, 2.45) is 0 Å². The van der Waals surface area contributed by atoms with Crippen LogP contribution in [-0.4, -0.2) is 57.3 Å². The van der Waals surface area contributed by atoms with Gasteiger partial charge in [-0.2, -0.15) is 0 Å². The van der Waals surface area contributed by atoms with Crippen LogP contribution in [-0.2, 0) is 16.1 Å². The van der Waals surface area contributed by atoms with Crippen LogP contribution in [0.5, 0.6) is 0 Å². The van der Waals surface area contributed by atoms with Crippen molar-refractivity contribution in [3.05, 3.63) is 43.2 Å². The molecule has 6 nitrogen and oxygen atoms in total. The average molecular weight is 340 g/mol. The minimum absolute atomic E-state index is 0.0586. The Kier molecular flexibility index (Phi) is 5.16. The number of hydrogen-bond acceptors (Lipinski definition) is 3. The Labute approximate surface area is 147 Å². The molecule has 0 bridgehead atoms. The zero-order valence-corrected chi connectivity index (χ0v) is 14.6. The van der Waals surface area contributed by atoms with Crippen molar-refractivity contribution in [2.45, 2.75) is 31.8 Å². The molecule has 1 aromatic carbocycles. The number of nitrogens with zero attached hydrogens (tertiary/aromatic N) is 4. The molecule has 132 valence electrons. The average Bonchev–Trinajstić information content (AvgIpc) is 3.08. The van der Waals surface area contributed by atoms with Gasteiger partial charge in [-0.25, -0.2) is 4.98 Å². The van der Waals surface area contributed by atoms with Gasteiger partial charge in [0.15, 0.2) is 0 Å². The molecule has 2 amide bonds. The Balaban J connectivity index is 1.51. The Bertz CT molecular complexity index is 775. The fraction of sp³-hybridized carbons (Fsp3) is 0.421. The fourth-order valence-corrected chi connectivity index (χ4v) is 3.39. The second-order valence-electron chi connectivity index (χ2n) is 6.44. The lowest BCUT2D eigenvalue weighted by atomic mass is 10.0. The quantitative estimate of drug-likeness (QED) is 0.783. The summed E-state index contributed by atoms with van der Waals surface area (Å²) in [7, 11) is 1.80. The molecule has 3 rings (SSSR count). The number of likely N-dealkylation sites (tertiary alicyclic amines) is 1. The molecule has 0 unspecified atom stereocenters. The molecular formula is C19H24N4O2. The molecule has 1 fully saturated rings. The van der Waals surface area contributed by atoms with E-state index in [1.54, 1.807) is 18.3 Å². The van der Waals surface area contributed by atoms with Gasteiger partial charge in [-0.3, -0.25) is 9.59 Å². The van der Waals surface area contributed by atoms with Crippen LogP contribution in [0.3, 0.4) is 0 Å². The van der Waals surface area contributed by atoms with E-state index in [0.717, 1.165) is 23.9 Å². The lowest BCUT2D eigenvalue weighted by molar-refractivity contribution is -0.134. The molecule has 0 atom stereocenters. The van der Waals surface area contributed by atoms with Gasteiger partial charge in [0, 0.05) is 39.1 Å². The molecule has 2 aromatic rings. The highest BCUT2D eigenvalue weighted by atomic mass is 16.2. The zero-order chi connectivity index (χ0) is 17.8. The van der Waals surface area contributed by atoms with Gasteiger partial charge in [0.05, 0.1) is 17.4 Å². The molecular weight excluding hydrogens is 316 g/mol. The lowest BCUT2D eigenvalue weighted by Gasteiger charge is -2.36. The predicted octanol–water partition coefficient (Wildman–Crippen LogP) is 2.06. The van der Waals surface area contributed by atoms with Crippen LogP contribution in [0.25, 0.3) is 11.0 Å². The van der Waals surface area contributed by atoms with Gasteiger partial charge in [-0.15, -0.1) is 0 Å². The summed E-state index contributed by atoms with van der Waals surface area (Å²) in [5.74, 6) is 0.102. The molecule has 25 heavy (non-hydrogen) atoms. The van der Waals surface area contributed by atoms with Crippen LogP contribution in [0.1, 0.15) is 19.3 Å². The van der Waals surface area contributed by atoms with Crippen molar-refractivity contribution in [3.63, 3.8) is 0 Å². The highest BCUT2D eigenvalue weighted by Gasteiger charge is 2.26. The van der Waals surface area contributed by atoms with E-state index < -0.39 is 0 Å². The van der Waals surface area contributed by atoms with E-state index in [1.807, 2.05) is 33.7 Å². The van der Waals surface area contributed by atoms with Crippen molar-refractivity contribution in [1.29, 1.82) is 0 Å². The van der Waals surface area contributed by atoms with E-state index in [1.165, 1.54) is 6.08 Å². The van der Waals surface area contributed by atoms with Crippen LogP contribution in [0.2, 0.25) is 0 Å². The first-order valence-corrected chi connectivity index (χ1v) is 8.67. The number of carbonyl (C=O) groups excluding carboxylic acids is 2. The number of para-hydroxylation sites is 2. The van der Waals surface area contributed by atoms with Crippen LogP contribution < -0.4 is 0 Å². The third kappa shape index (κ3) is 3.73. The van der Waals surface area contributed by atoms with E-state index in [9.17, 15) is 9.59 Å². The number of piperidine rings is 1. The lowest BCUT2D eigenvalue weighted by Crippen LogP contribution is -2.47. The Morgan fingerprint density at radius 3 is 2.76 bits per heavy atom. The number of rotatable bonds is 5. The molecule has 1 aromatic heterocycles. The minimum atomic E-state index is -0.0586. The maximum atomic E-state index is 12.5. The third-order valence-electron chi connectivity index (χ3n) is 4.98.